The van der Waals surface area contributed by atoms with Crippen molar-refractivity contribution in [3.05, 3.63) is 35.4 Å². The molecule has 1 unspecified atom stereocenters. The summed E-state index contributed by atoms with van der Waals surface area (Å²) < 4.78 is 0. The average molecular weight is 177 g/mol. The maximum absolute atomic E-state index is 10.3. The minimum absolute atomic E-state index is 0.368. The van der Waals surface area contributed by atoms with Crippen molar-refractivity contribution in [1.82, 2.24) is 0 Å². The van der Waals surface area contributed by atoms with E-state index in [1.807, 2.05) is 12.1 Å². The molecule has 1 aromatic rings. The number of carbonyl (C=O) groups is 1. The first-order chi connectivity index (χ1) is 6.26. The van der Waals surface area contributed by atoms with Crippen LogP contribution in [0.3, 0.4) is 0 Å². The molecule has 0 radical (unpaired) electrons. The fourth-order valence-electron chi connectivity index (χ4n) is 1.23. The van der Waals surface area contributed by atoms with Crippen LogP contribution in [0.15, 0.2) is 24.3 Å². The Hall–Kier alpha value is -1.15. The summed E-state index contributed by atoms with van der Waals surface area (Å²) in [6.07, 6.45) is 2.46. The van der Waals surface area contributed by atoms with Gasteiger partial charge in [0.25, 0.3) is 0 Å². The van der Waals surface area contributed by atoms with Crippen LogP contribution < -0.4 is 5.73 Å². The van der Waals surface area contributed by atoms with Gasteiger partial charge in [-0.15, -0.1) is 0 Å². The lowest BCUT2D eigenvalue weighted by Gasteiger charge is -2.04. The van der Waals surface area contributed by atoms with Crippen LogP contribution in [0.5, 0.6) is 0 Å². The van der Waals surface area contributed by atoms with E-state index in [9.17, 15) is 4.79 Å². The van der Waals surface area contributed by atoms with Gasteiger partial charge in [-0.05, 0) is 24.0 Å². The molecule has 0 spiro atoms. The number of aldehydes is 1. The molecule has 0 amide bonds. The topological polar surface area (TPSA) is 43.1 Å². The third-order valence-electron chi connectivity index (χ3n) is 2.08. The predicted octanol–water partition coefficient (Wildman–Crippen LogP) is 1.32. The van der Waals surface area contributed by atoms with Gasteiger partial charge in [-0.1, -0.05) is 31.2 Å². The highest BCUT2D eigenvalue weighted by Crippen LogP contribution is 2.06. The lowest BCUT2D eigenvalue weighted by atomic mass is 10.0. The highest BCUT2D eigenvalue weighted by molar-refractivity contribution is 5.57. The molecule has 70 valence electrons. The standard InChI is InChI=1S/C11H15NO/c1-2-9-3-5-10(6-4-9)7-11(12)8-13/h3-6,8,11H,2,7,12H2,1H3. The summed E-state index contributed by atoms with van der Waals surface area (Å²) in [5.74, 6) is 0. The van der Waals surface area contributed by atoms with Crippen molar-refractivity contribution in [2.24, 2.45) is 5.73 Å². The lowest BCUT2D eigenvalue weighted by molar-refractivity contribution is -0.108. The smallest absolute Gasteiger partial charge is 0.137 e. The molecule has 0 aliphatic carbocycles. The maximum Gasteiger partial charge on any atom is 0.137 e. The molecule has 0 aliphatic rings. The van der Waals surface area contributed by atoms with Gasteiger partial charge >= 0.3 is 0 Å². The monoisotopic (exact) mass is 177 g/mol. The highest BCUT2D eigenvalue weighted by Gasteiger charge is 2.01. The number of nitrogens with two attached hydrogens (primary N) is 1. The third-order valence-corrected chi connectivity index (χ3v) is 2.08. The first-order valence-electron chi connectivity index (χ1n) is 4.55. The van der Waals surface area contributed by atoms with E-state index in [1.165, 1.54) is 5.56 Å². The van der Waals surface area contributed by atoms with Gasteiger partial charge in [0.05, 0.1) is 6.04 Å². The van der Waals surface area contributed by atoms with Gasteiger partial charge in [-0.25, -0.2) is 0 Å². The number of aryl methyl sites for hydroxylation is 1. The van der Waals surface area contributed by atoms with Crippen molar-refractivity contribution in [3.63, 3.8) is 0 Å². The van der Waals surface area contributed by atoms with Gasteiger partial charge in [0.15, 0.2) is 0 Å². The molecule has 0 aromatic heterocycles. The Bertz CT molecular complexity index is 266. The number of hydrogen-bond acceptors (Lipinski definition) is 2. The van der Waals surface area contributed by atoms with Crippen LogP contribution in [0.4, 0.5) is 0 Å². The summed E-state index contributed by atoms with van der Waals surface area (Å²) in [6, 6.07) is 7.84. The van der Waals surface area contributed by atoms with Crippen LogP contribution in [-0.2, 0) is 17.6 Å². The zero-order valence-corrected chi connectivity index (χ0v) is 7.86. The zero-order valence-electron chi connectivity index (χ0n) is 7.86. The Balaban J connectivity index is 2.63. The molecule has 0 saturated heterocycles. The number of carbonyl (C=O) groups excluding carboxylic acids is 1. The molecule has 1 atom stereocenters. The normalized spacial score (nSPS) is 12.5. The second kappa shape index (κ2) is 4.77. The second-order valence-electron chi connectivity index (χ2n) is 3.17. The SMILES string of the molecule is CCc1ccc(CC(N)C=O)cc1. The molecule has 2 N–H and O–H groups in total. The highest BCUT2D eigenvalue weighted by atomic mass is 16.1. The molecule has 0 aliphatic heterocycles. The van der Waals surface area contributed by atoms with Crippen molar-refractivity contribution < 1.29 is 4.79 Å². The summed E-state index contributed by atoms with van der Waals surface area (Å²) in [4.78, 5) is 10.3. The van der Waals surface area contributed by atoms with E-state index in [0.717, 1.165) is 18.3 Å². The Morgan fingerprint density at radius 2 is 1.85 bits per heavy atom. The third kappa shape index (κ3) is 2.99. The summed E-state index contributed by atoms with van der Waals surface area (Å²) in [7, 11) is 0. The van der Waals surface area contributed by atoms with Gasteiger partial charge in [0.2, 0.25) is 0 Å². The van der Waals surface area contributed by atoms with Crippen molar-refractivity contribution in [2.75, 3.05) is 0 Å². The first-order valence-corrected chi connectivity index (χ1v) is 4.55. The second-order valence-corrected chi connectivity index (χ2v) is 3.17. The number of hydrogen-bond donors (Lipinski definition) is 1. The minimum atomic E-state index is -0.368. The average Bonchev–Trinajstić information content (AvgIpc) is 2.19. The molecule has 2 nitrogen and oxygen atoms in total. The fourth-order valence-corrected chi connectivity index (χ4v) is 1.23. The van der Waals surface area contributed by atoms with Crippen molar-refractivity contribution in [3.8, 4) is 0 Å². The molecule has 0 heterocycles. The summed E-state index contributed by atoms with van der Waals surface area (Å²) >= 11 is 0. The molecule has 0 fully saturated rings. The van der Waals surface area contributed by atoms with Crippen LogP contribution in [-0.4, -0.2) is 12.3 Å². The summed E-state index contributed by atoms with van der Waals surface area (Å²) in [6.45, 7) is 2.12. The Morgan fingerprint density at radius 3 is 2.31 bits per heavy atom. The lowest BCUT2D eigenvalue weighted by Crippen LogP contribution is -2.23. The van der Waals surface area contributed by atoms with E-state index in [4.69, 9.17) is 5.73 Å². The van der Waals surface area contributed by atoms with E-state index in [2.05, 4.69) is 19.1 Å². The van der Waals surface area contributed by atoms with Crippen molar-refractivity contribution in [2.45, 2.75) is 25.8 Å². The van der Waals surface area contributed by atoms with E-state index in [1.54, 1.807) is 0 Å². The molecular formula is C11H15NO. The Kier molecular flexibility index (Phi) is 3.65. The van der Waals surface area contributed by atoms with Gasteiger partial charge < -0.3 is 10.5 Å². The van der Waals surface area contributed by atoms with Crippen LogP contribution in [0.1, 0.15) is 18.1 Å². The van der Waals surface area contributed by atoms with Crippen LogP contribution in [0.2, 0.25) is 0 Å². The summed E-state index contributed by atoms with van der Waals surface area (Å²) in [5, 5.41) is 0. The Labute approximate surface area is 78.8 Å². The molecule has 2 heteroatoms. The maximum atomic E-state index is 10.3. The molecule has 13 heavy (non-hydrogen) atoms. The largest absolute Gasteiger partial charge is 0.321 e. The molecule has 1 rings (SSSR count). The van der Waals surface area contributed by atoms with Crippen LogP contribution in [0.25, 0.3) is 0 Å². The van der Waals surface area contributed by atoms with Crippen molar-refractivity contribution in [1.29, 1.82) is 0 Å². The Morgan fingerprint density at radius 1 is 1.31 bits per heavy atom. The first kappa shape index (κ1) is 9.93. The molecule has 1 aromatic carbocycles. The molecule has 0 bridgehead atoms. The predicted molar refractivity (Wildman–Crippen MR) is 53.6 cm³/mol. The van der Waals surface area contributed by atoms with Crippen LogP contribution in [0, 0.1) is 0 Å². The number of benzene rings is 1. The fraction of sp³-hybridized carbons (Fsp3) is 0.364. The van der Waals surface area contributed by atoms with Gasteiger partial charge in [0.1, 0.15) is 6.29 Å². The minimum Gasteiger partial charge on any atom is -0.321 e. The van der Waals surface area contributed by atoms with E-state index >= 15 is 0 Å². The van der Waals surface area contributed by atoms with Gasteiger partial charge in [0, 0.05) is 0 Å². The molecule has 0 saturated carbocycles. The van der Waals surface area contributed by atoms with E-state index in [0.29, 0.717) is 6.42 Å². The van der Waals surface area contributed by atoms with E-state index < -0.39 is 0 Å². The summed E-state index contributed by atoms with van der Waals surface area (Å²) in [5.41, 5.74) is 7.94. The van der Waals surface area contributed by atoms with Gasteiger partial charge in [-0.3, -0.25) is 0 Å². The van der Waals surface area contributed by atoms with Gasteiger partial charge in [-0.2, -0.15) is 0 Å². The molecular weight excluding hydrogens is 162 g/mol. The number of rotatable bonds is 4. The van der Waals surface area contributed by atoms with Crippen LogP contribution >= 0.6 is 0 Å². The van der Waals surface area contributed by atoms with Crippen molar-refractivity contribution >= 4 is 6.29 Å². The quantitative estimate of drug-likeness (QED) is 0.705. The zero-order chi connectivity index (χ0) is 9.68. The van der Waals surface area contributed by atoms with E-state index in [-0.39, 0.29) is 6.04 Å².